The summed E-state index contributed by atoms with van der Waals surface area (Å²) in [4.78, 5) is 14.5. The smallest absolute Gasteiger partial charge is 0.123 e. The Hall–Kier alpha value is -3.03. The van der Waals surface area contributed by atoms with E-state index in [0.717, 1.165) is 33.4 Å². The van der Waals surface area contributed by atoms with Crippen molar-refractivity contribution in [3.8, 4) is 21.1 Å². The minimum Gasteiger partial charge on any atom is -0.330 e. The molecule has 0 spiro atoms. The second-order valence-electron chi connectivity index (χ2n) is 8.02. The predicted molar refractivity (Wildman–Crippen MR) is 145 cm³/mol. The van der Waals surface area contributed by atoms with E-state index in [1.165, 1.54) is 26.4 Å². The van der Waals surface area contributed by atoms with Gasteiger partial charge in [0.25, 0.3) is 0 Å². The molecule has 8 heteroatoms. The summed E-state index contributed by atoms with van der Waals surface area (Å²) in [5.74, 6) is 0. The Morgan fingerprint density at radius 2 is 1.21 bits per heavy atom. The molecule has 2 aromatic carbocycles. The summed E-state index contributed by atoms with van der Waals surface area (Å²) < 4.78 is 0. The fraction of sp³-hybridized carbons (Fsp3) is 0.308. The van der Waals surface area contributed by atoms with Gasteiger partial charge in [-0.25, -0.2) is 9.97 Å². The van der Waals surface area contributed by atoms with Gasteiger partial charge in [-0.3, -0.25) is 0 Å². The molecular formula is C26H30N6S2. The Bertz CT molecular complexity index is 1250. The molecule has 4 aromatic rings. The first-order valence-corrected chi connectivity index (χ1v) is 12.8. The van der Waals surface area contributed by atoms with Crippen LogP contribution in [0.3, 0.4) is 0 Å². The largest absolute Gasteiger partial charge is 0.330 e. The minimum absolute atomic E-state index is 0.467. The van der Waals surface area contributed by atoms with Gasteiger partial charge in [-0.2, -0.15) is 0 Å². The lowest BCUT2D eigenvalue weighted by Gasteiger charge is -1.96. The van der Waals surface area contributed by atoms with Crippen molar-refractivity contribution in [3.63, 3.8) is 0 Å². The molecule has 0 fully saturated rings. The Morgan fingerprint density at radius 3 is 1.62 bits per heavy atom. The fourth-order valence-corrected chi connectivity index (χ4v) is 5.23. The van der Waals surface area contributed by atoms with Crippen LogP contribution in [0.5, 0.6) is 0 Å². The lowest BCUT2D eigenvalue weighted by Crippen LogP contribution is -2.03. The van der Waals surface area contributed by atoms with Crippen LogP contribution in [0.2, 0.25) is 0 Å². The van der Waals surface area contributed by atoms with Crippen molar-refractivity contribution in [2.45, 2.75) is 40.5 Å². The highest BCUT2D eigenvalue weighted by atomic mass is 32.1. The van der Waals surface area contributed by atoms with Crippen LogP contribution in [0, 0.1) is 27.7 Å². The average molecular weight is 491 g/mol. The number of hydrogen-bond donors (Lipinski definition) is 1. The molecule has 0 aliphatic carbocycles. The molecule has 0 amide bonds. The van der Waals surface area contributed by atoms with Crippen molar-refractivity contribution >= 4 is 22.7 Å². The molecule has 34 heavy (non-hydrogen) atoms. The van der Waals surface area contributed by atoms with Gasteiger partial charge in [-0.15, -0.1) is 22.7 Å². The van der Waals surface area contributed by atoms with Gasteiger partial charge in [-0.05, 0) is 46.2 Å². The monoisotopic (exact) mass is 490 g/mol. The maximum Gasteiger partial charge on any atom is 0.123 e. The summed E-state index contributed by atoms with van der Waals surface area (Å²) in [5.41, 5.74) is 20.9. The molecule has 6 nitrogen and oxygen atoms in total. The van der Waals surface area contributed by atoms with Crippen LogP contribution < -0.4 is 5.73 Å². The van der Waals surface area contributed by atoms with E-state index < -0.39 is 0 Å². The second-order valence-corrected chi connectivity index (χ2v) is 10.4. The number of azide groups is 1. The molecule has 0 radical (unpaired) electrons. The number of aryl methyl sites for hydroxylation is 4. The fourth-order valence-electron chi connectivity index (χ4n) is 3.30. The number of hydrogen-bond acceptors (Lipinski definition) is 6. The van der Waals surface area contributed by atoms with Crippen LogP contribution in [0.25, 0.3) is 31.6 Å². The van der Waals surface area contributed by atoms with Crippen molar-refractivity contribution in [1.29, 1.82) is 0 Å². The zero-order valence-corrected chi connectivity index (χ0v) is 21.7. The Morgan fingerprint density at radius 1 is 0.765 bits per heavy atom. The van der Waals surface area contributed by atoms with E-state index in [-0.39, 0.29) is 0 Å². The number of nitrogens with two attached hydrogens (primary N) is 1. The molecule has 0 saturated heterocycles. The van der Waals surface area contributed by atoms with Gasteiger partial charge in [-0.1, -0.05) is 64.8 Å². The third-order valence-electron chi connectivity index (χ3n) is 5.28. The van der Waals surface area contributed by atoms with Crippen LogP contribution in [0.4, 0.5) is 0 Å². The molecule has 176 valence electrons. The molecule has 2 heterocycles. The van der Waals surface area contributed by atoms with Crippen LogP contribution in [0.1, 0.15) is 32.3 Å². The number of rotatable bonds is 7. The number of aromatic nitrogens is 2. The maximum absolute atomic E-state index is 8.26. The number of thiazole rings is 2. The molecule has 2 aromatic heterocycles. The molecule has 4 rings (SSSR count). The first-order valence-electron chi connectivity index (χ1n) is 11.2. The normalized spacial score (nSPS) is 10.4. The quantitative estimate of drug-likeness (QED) is 0.168. The van der Waals surface area contributed by atoms with Crippen LogP contribution in [-0.2, 0) is 12.8 Å². The van der Waals surface area contributed by atoms with Gasteiger partial charge >= 0.3 is 0 Å². The summed E-state index contributed by atoms with van der Waals surface area (Å²) in [5, 5.41) is 5.68. The Kier molecular flexibility index (Phi) is 9.36. The van der Waals surface area contributed by atoms with E-state index in [2.05, 4.69) is 96.2 Å². The Labute approximate surface area is 209 Å². The van der Waals surface area contributed by atoms with Gasteiger partial charge in [0.05, 0.1) is 11.4 Å². The summed E-state index contributed by atoms with van der Waals surface area (Å²) >= 11 is 3.43. The Balaban J connectivity index is 0.000000192. The van der Waals surface area contributed by atoms with Crippen LogP contribution >= 0.6 is 22.7 Å². The molecule has 0 bridgehead atoms. The van der Waals surface area contributed by atoms with Gasteiger partial charge in [0.15, 0.2) is 0 Å². The van der Waals surface area contributed by atoms with Crippen LogP contribution in [0.15, 0.2) is 53.6 Å². The lowest BCUT2D eigenvalue weighted by molar-refractivity contribution is 0.918. The first-order chi connectivity index (χ1) is 16.4. The van der Waals surface area contributed by atoms with E-state index in [1.54, 1.807) is 22.7 Å². The van der Waals surface area contributed by atoms with Gasteiger partial charge < -0.3 is 5.73 Å². The SMILES string of the molecule is Cc1ccc(-c2nc(CCN)c(C)s2)cc1.Cc1ccc(-c2nc(CCN=[N+]=[N-])c(C)s2)cc1. The molecule has 0 aliphatic rings. The first kappa shape index (κ1) is 25.6. The highest BCUT2D eigenvalue weighted by Gasteiger charge is 2.09. The summed E-state index contributed by atoms with van der Waals surface area (Å²) in [6.45, 7) is 9.46. The molecule has 0 atom stereocenters. The van der Waals surface area contributed by atoms with Crippen molar-refractivity contribution in [1.82, 2.24) is 9.97 Å². The summed E-state index contributed by atoms with van der Waals surface area (Å²) in [6.07, 6.45) is 1.58. The molecule has 0 unspecified atom stereocenters. The second kappa shape index (κ2) is 12.4. The van der Waals surface area contributed by atoms with Gasteiger partial charge in [0, 0.05) is 38.8 Å². The maximum atomic E-state index is 8.26. The van der Waals surface area contributed by atoms with E-state index in [1.807, 2.05) is 0 Å². The zero-order valence-electron chi connectivity index (χ0n) is 20.1. The van der Waals surface area contributed by atoms with E-state index in [9.17, 15) is 0 Å². The van der Waals surface area contributed by atoms with Crippen LogP contribution in [-0.4, -0.2) is 23.1 Å². The number of benzene rings is 2. The van der Waals surface area contributed by atoms with Crippen molar-refractivity contribution in [2.24, 2.45) is 10.8 Å². The molecule has 2 N–H and O–H groups in total. The zero-order chi connectivity index (χ0) is 24.5. The summed E-state index contributed by atoms with van der Waals surface area (Å²) in [7, 11) is 0. The van der Waals surface area contributed by atoms with Gasteiger partial charge in [0.2, 0.25) is 0 Å². The minimum atomic E-state index is 0.467. The van der Waals surface area contributed by atoms with Crippen molar-refractivity contribution < 1.29 is 0 Å². The van der Waals surface area contributed by atoms with Crippen molar-refractivity contribution in [3.05, 3.63) is 91.2 Å². The molecule has 0 aliphatic heterocycles. The van der Waals surface area contributed by atoms with E-state index in [0.29, 0.717) is 19.5 Å². The number of nitrogens with zero attached hydrogens (tertiary/aromatic N) is 5. The highest BCUT2D eigenvalue weighted by Crippen LogP contribution is 2.29. The lowest BCUT2D eigenvalue weighted by atomic mass is 10.2. The molecule has 0 saturated carbocycles. The van der Waals surface area contributed by atoms with E-state index in [4.69, 9.17) is 11.3 Å². The third kappa shape index (κ3) is 6.98. The topological polar surface area (TPSA) is 101 Å². The van der Waals surface area contributed by atoms with Crippen molar-refractivity contribution in [2.75, 3.05) is 13.1 Å². The third-order valence-corrected chi connectivity index (χ3v) is 7.40. The van der Waals surface area contributed by atoms with E-state index >= 15 is 0 Å². The highest BCUT2D eigenvalue weighted by molar-refractivity contribution is 7.15. The summed E-state index contributed by atoms with van der Waals surface area (Å²) in [6, 6.07) is 16.8. The van der Waals surface area contributed by atoms with Gasteiger partial charge in [0.1, 0.15) is 10.0 Å². The predicted octanol–water partition coefficient (Wildman–Crippen LogP) is 7.21. The standard InChI is InChI=1S/C13H14N4S.C13H16N2S/c1-9-3-5-11(6-4-9)13-16-12(10(2)18-13)7-8-15-17-14;1-9-3-5-11(6-4-9)13-15-12(7-8-14)10(2)16-13/h3-6H,7-8H2,1-2H3;3-6H,7-8,14H2,1-2H3. The molecular weight excluding hydrogens is 460 g/mol. The average Bonchev–Trinajstić information content (AvgIpc) is 3.38.